The van der Waals surface area contributed by atoms with Crippen molar-refractivity contribution in [2.24, 2.45) is 6.98 Å². The van der Waals surface area contributed by atoms with E-state index in [0.29, 0.717) is 16.2 Å². The summed E-state index contributed by atoms with van der Waals surface area (Å²) in [6.45, 7) is -3.58. The van der Waals surface area contributed by atoms with E-state index in [9.17, 15) is 9.18 Å². The maximum Gasteiger partial charge on any atom is 0.254 e. The Morgan fingerprint density at radius 3 is 2.90 bits per heavy atom. The number of carbonyl (C=O) groups is 1. The quantitative estimate of drug-likeness (QED) is 0.631. The van der Waals surface area contributed by atoms with Crippen LogP contribution in [0.15, 0.2) is 24.4 Å². The van der Waals surface area contributed by atoms with Crippen molar-refractivity contribution in [2.45, 2.75) is 13.0 Å². The van der Waals surface area contributed by atoms with Crippen LogP contribution in [0, 0.1) is 5.82 Å². The zero-order chi connectivity index (χ0) is 25.9. The first-order valence-corrected chi connectivity index (χ1v) is 8.83. The molecule has 1 aliphatic rings. The van der Waals surface area contributed by atoms with Gasteiger partial charge < -0.3 is 15.5 Å². The topological polar surface area (TPSA) is 88.0 Å². The lowest BCUT2D eigenvalue weighted by molar-refractivity contribution is 0.0963. The standard InChI is InChI=1S/C19H19ClFN7O/c1-9-16-17(26-28(4)25-16)11-5-10(21)6-14(18(11)27(9)3)24-13-7-15(20)23-8-12(13)19(29)22-2/h5-9H,1-4H3,(H,22,29)(H,23,24)/i2D3,4D3. The van der Waals surface area contributed by atoms with Crippen LogP contribution < -0.4 is 15.5 Å². The molecule has 0 spiro atoms. The summed E-state index contributed by atoms with van der Waals surface area (Å²) < 4.78 is 59.4. The molecule has 29 heavy (non-hydrogen) atoms. The van der Waals surface area contributed by atoms with Crippen LogP contribution in [0.3, 0.4) is 0 Å². The summed E-state index contributed by atoms with van der Waals surface area (Å²) in [5.41, 5.74) is 1.45. The van der Waals surface area contributed by atoms with E-state index in [0.717, 1.165) is 6.20 Å². The molecule has 1 aromatic carbocycles. The van der Waals surface area contributed by atoms with Crippen molar-refractivity contribution in [3.8, 4) is 11.3 Å². The minimum Gasteiger partial charge on any atom is -0.364 e. The number of halogens is 2. The van der Waals surface area contributed by atoms with Crippen molar-refractivity contribution in [2.75, 3.05) is 24.2 Å². The van der Waals surface area contributed by atoms with E-state index in [1.54, 1.807) is 18.9 Å². The number of anilines is 3. The van der Waals surface area contributed by atoms with Crippen LogP contribution in [0.25, 0.3) is 11.3 Å². The van der Waals surface area contributed by atoms with Crippen molar-refractivity contribution in [3.05, 3.63) is 46.6 Å². The summed E-state index contributed by atoms with van der Waals surface area (Å²) in [5.74, 6) is -1.61. The number of hydrogen-bond donors (Lipinski definition) is 2. The van der Waals surface area contributed by atoms with Crippen molar-refractivity contribution < 1.29 is 17.4 Å². The Hall–Kier alpha value is -3.20. The maximum absolute atomic E-state index is 14.8. The van der Waals surface area contributed by atoms with Gasteiger partial charge in [0, 0.05) is 41.0 Å². The third-order valence-corrected chi connectivity index (χ3v) is 5.00. The van der Waals surface area contributed by atoms with Crippen LogP contribution in [0.1, 0.15) is 37.2 Å². The SMILES string of the molecule is [2H]C([2H])([2H])NC(=O)c1cnc(Cl)cc1Nc1cc(F)cc2c1N(C)C(C)c1nn(C([2H])([2H])[2H])nc1-2. The second-order valence-corrected chi connectivity index (χ2v) is 6.88. The Morgan fingerprint density at radius 2 is 2.14 bits per heavy atom. The molecule has 3 aromatic rings. The fourth-order valence-corrected chi connectivity index (χ4v) is 3.51. The maximum atomic E-state index is 14.8. The molecule has 150 valence electrons. The molecule has 1 unspecified atom stereocenters. The summed E-state index contributed by atoms with van der Waals surface area (Å²) in [6.07, 6.45) is 1.10. The number of benzene rings is 1. The number of rotatable bonds is 3. The lowest BCUT2D eigenvalue weighted by Gasteiger charge is -2.34. The van der Waals surface area contributed by atoms with Crippen LogP contribution in [-0.4, -0.2) is 39.9 Å². The minimum absolute atomic E-state index is 0.00725. The summed E-state index contributed by atoms with van der Waals surface area (Å²) >= 11 is 6.01. The Labute approximate surface area is 180 Å². The zero-order valence-corrected chi connectivity index (χ0v) is 16.0. The molecule has 2 aromatic heterocycles. The van der Waals surface area contributed by atoms with Crippen molar-refractivity contribution in [1.29, 1.82) is 0 Å². The highest BCUT2D eigenvalue weighted by Gasteiger charge is 2.33. The van der Waals surface area contributed by atoms with E-state index in [4.69, 9.17) is 19.8 Å². The first-order valence-electron chi connectivity index (χ1n) is 11.5. The van der Waals surface area contributed by atoms with Crippen LogP contribution in [-0.2, 0) is 6.98 Å². The molecule has 0 bridgehead atoms. The largest absolute Gasteiger partial charge is 0.364 e. The average Bonchev–Trinajstić information content (AvgIpc) is 3.17. The lowest BCUT2D eigenvalue weighted by Crippen LogP contribution is -2.27. The van der Waals surface area contributed by atoms with Crippen LogP contribution >= 0.6 is 11.6 Å². The second-order valence-electron chi connectivity index (χ2n) is 6.49. The molecular weight excluding hydrogens is 397 g/mol. The van der Waals surface area contributed by atoms with Crippen molar-refractivity contribution in [3.63, 3.8) is 0 Å². The highest BCUT2D eigenvalue weighted by atomic mass is 35.5. The Balaban J connectivity index is 1.85. The molecule has 3 heterocycles. The summed E-state index contributed by atoms with van der Waals surface area (Å²) in [4.78, 5) is 18.8. The summed E-state index contributed by atoms with van der Waals surface area (Å²) in [5, 5.41) is 13.0. The van der Waals surface area contributed by atoms with Gasteiger partial charge in [-0.1, -0.05) is 11.6 Å². The molecule has 1 atom stereocenters. The van der Waals surface area contributed by atoms with Gasteiger partial charge in [-0.25, -0.2) is 9.37 Å². The van der Waals surface area contributed by atoms with Gasteiger partial charge in [0.15, 0.2) is 0 Å². The number of carbonyl (C=O) groups excluding carboxylic acids is 1. The molecule has 0 saturated carbocycles. The van der Waals surface area contributed by atoms with E-state index < -0.39 is 31.7 Å². The van der Waals surface area contributed by atoms with Gasteiger partial charge >= 0.3 is 0 Å². The predicted molar refractivity (Wildman–Crippen MR) is 109 cm³/mol. The van der Waals surface area contributed by atoms with Gasteiger partial charge in [-0.2, -0.15) is 15.0 Å². The molecule has 4 rings (SSSR count). The Bertz CT molecular complexity index is 1330. The molecule has 0 fully saturated rings. The molecule has 1 aliphatic heterocycles. The first-order chi connectivity index (χ1) is 16.2. The predicted octanol–water partition coefficient (Wildman–Crippen LogP) is 3.28. The van der Waals surface area contributed by atoms with Gasteiger partial charge in [0.25, 0.3) is 5.91 Å². The van der Waals surface area contributed by atoms with E-state index in [-0.39, 0.29) is 33.3 Å². The third kappa shape index (κ3) is 3.17. The van der Waals surface area contributed by atoms with E-state index in [1.807, 2.05) is 5.32 Å². The monoisotopic (exact) mass is 421 g/mol. The third-order valence-electron chi connectivity index (χ3n) is 4.80. The summed E-state index contributed by atoms with van der Waals surface area (Å²) in [6, 6.07) is 3.26. The fraction of sp³-hybridized carbons (Fsp3) is 0.263. The molecule has 0 aliphatic carbocycles. The average molecular weight is 422 g/mol. The van der Waals surface area contributed by atoms with E-state index in [1.165, 1.54) is 18.2 Å². The van der Waals surface area contributed by atoms with Gasteiger partial charge in [0.05, 0.1) is 28.7 Å². The number of amides is 1. The second kappa shape index (κ2) is 7.00. The molecule has 10 heteroatoms. The number of aromatic nitrogens is 4. The molecule has 8 nitrogen and oxygen atoms in total. The number of pyridine rings is 1. The van der Waals surface area contributed by atoms with Gasteiger partial charge in [-0.3, -0.25) is 4.79 Å². The molecule has 0 radical (unpaired) electrons. The molecule has 2 N–H and O–H groups in total. The number of nitrogens with one attached hydrogen (secondary N) is 2. The van der Waals surface area contributed by atoms with Gasteiger partial charge in [0.1, 0.15) is 22.4 Å². The smallest absolute Gasteiger partial charge is 0.254 e. The zero-order valence-electron chi connectivity index (χ0n) is 21.3. The van der Waals surface area contributed by atoms with Crippen LogP contribution in [0.4, 0.5) is 21.5 Å². The molecular formula is C19H19ClFN7O. The van der Waals surface area contributed by atoms with Gasteiger partial charge in [-0.15, -0.1) is 0 Å². The first kappa shape index (κ1) is 13.1. The number of hydrogen-bond acceptors (Lipinski definition) is 6. The summed E-state index contributed by atoms with van der Waals surface area (Å²) in [7, 11) is 1.71. The van der Waals surface area contributed by atoms with Gasteiger partial charge in [0.2, 0.25) is 0 Å². The molecule has 1 amide bonds. The van der Waals surface area contributed by atoms with Crippen molar-refractivity contribution >= 4 is 34.6 Å². The normalized spacial score (nSPS) is 18.9. The molecule has 0 saturated heterocycles. The van der Waals surface area contributed by atoms with Crippen LogP contribution in [0.5, 0.6) is 0 Å². The van der Waals surface area contributed by atoms with Crippen LogP contribution in [0.2, 0.25) is 5.15 Å². The minimum atomic E-state index is -2.74. The van der Waals surface area contributed by atoms with E-state index in [2.05, 4.69) is 20.5 Å². The lowest BCUT2D eigenvalue weighted by atomic mass is 9.96. The Morgan fingerprint density at radius 1 is 1.31 bits per heavy atom. The van der Waals surface area contributed by atoms with Crippen molar-refractivity contribution in [1.82, 2.24) is 25.3 Å². The highest BCUT2D eigenvalue weighted by Crippen LogP contribution is 2.47. The highest BCUT2D eigenvalue weighted by molar-refractivity contribution is 6.29. The van der Waals surface area contributed by atoms with E-state index >= 15 is 0 Å². The Kier molecular flexibility index (Phi) is 3.16. The number of fused-ring (bicyclic) bond motifs is 3. The number of nitrogens with zero attached hydrogens (tertiary/aromatic N) is 5. The number of aryl methyl sites for hydroxylation is 1. The van der Waals surface area contributed by atoms with Gasteiger partial charge in [-0.05, 0) is 25.1 Å². The fourth-order valence-electron chi connectivity index (χ4n) is 3.35.